The molecule has 1 aromatic rings. The molecule has 6 heteroatoms. The van der Waals surface area contributed by atoms with Crippen LogP contribution in [0.1, 0.15) is 5.56 Å². The first kappa shape index (κ1) is 13.0. The zero-order chi connectivity index (χ0) is 13.5. The van der Waals surface area contributed by atoms with Crippen molar-refractivity contribution in [2.45, 2.75) is 5.75 Å². The van der Waals surface area contributed by atoms with Crippen LogP contribution in [0, 0.1) is 17.7 Å². The van der Waals surface area contributed by atoms with Crippen molar-refractivity contribution in [1.29, 1.82) is 0 Å². The monoisotopic (exact) mass is 284 g/mol. The van der Waals surface area contributed by atoms with Crippen LogP contribution in [0.25, 0.3) is 0 Å². The maximum absolute atomic E-state index is 13.1. The van der Waals surface area contributed by atoms with Crippen LogP contribution in [-0.4, -0.2) is 38.9 Å². The van der Waals surface area contributed by atoms with E-state index >= 15 is 0 Å². The molecule has 2 aliphatic rings. The van der Waals surface area contributed by atoms with Gasteiger partial charge in [0.2, 0.25) is 10.0 Å². The summed E-state index contributed by atoms with van der Waals surface area (Å²) in [6, 6.07) is 5.81. The summed E-state index contributed by atoms with van der Waals surface area (Å²) in [6.45, 7) is 2.98. The number of fused-ring (bicyclic) bond motifs is 1. The second kappa shape index (κ2) is 4.85. The highest BCUT2D eigenvalue weighted by Crippen LogP contribution is 2.29. The SMILES string of the molecule is O=S(=O)(Cc1cccc(F)c1)N1C[C@H]2CNC[C@H]2C1. The molecule has 2 heterocycles. The fourth-order valence-electron chi connectivity index (χ4n) is 2.97. The molecule has 1 N–H and O–H groups in total. The summed E-state index contributed by atoms with van der Waals surface area (Å²) < 4.78 is 39.3. The van der Waals surface area contributed by atoms with Gasteiger partial charge in [-0.05, 0) is 42.6 Å². The Balaban J connectivity index is 1.73. The van der Waals surface area contributed by atoms with Gasteiger partial charge in [0.15, 0.2) is 0 Å². The standard InChI is InChI=1S/C13H17FN2O2S/c14-13-3-1-2-10(4-13)9-19(17,18)16-7-11-5-15-6-12(11)8-16/h1-4,11-12,15H,5-9H2/t11-,12+. The Morgan fingerprint density at radius 2 is 1.95 bits per heavy atom. The molecule has 0 amide bonds. The van der Waals surface area contributed by atoms with E-state index in [1.165, 1.54) is 12.1 Å². The van der Waals surface area contributed by atoms with Crippen LogP contribution < -0.4 is 5.32 Å². The van der Waals surface area contributed by atoms with Gasteiger partial charge in [-0.1, -0.05) is 12.1 Å². The molecule has 104 valence electrons. The second-order valence-electron chi connectivity index (χ2n) is 5.38. The van der Waals surface area contributed by atoms with Crippen LogP contribution in [0.15, 0.2) is 24.3 Å². The number of nitrogens with one attached hydrogen (secondary N) is 1. The summed E-state index contributed by atoms with van der Waals surface area (Å²) in [5, 5.41) is 3.28. The zero-order valence-electron chi connectivity index (χ0n) is 10.5. The Morgan fingerprint density at radius 1 is 1.26 bits per heavy atom. The number of benzene rings is 1. The molecule has 3 rings (SSSR count). The Bertz CT molecular complexity index is 564. The molecule has 0 saturated carbocycles. The lowest BCUT2D eigenvalue weighted by Gasteiger charge is -2.17. The van der Waals surface area contributed by atoms with E-state index in [0.29, 0.717) is 30.5 Å². The van der Waals surface area contributed by atoms with Crippen LogP contribution in [-0.2, 0) is 15.8 Å². The number of nitrogens with zero attached hydrogens (tertiary/aromatic N) is 1. The largest absolute Gasteiger partial charge is 0.316 e. The molecule has 0 radical (unpaired) electrons. The van der Waals surface area contributed by atoms with E-state index in [1.54, 1.807) is 16.4 Å². The van der Waals surface area contributed by atoms with E-state index in [2.05, 4.69) is 5.32 Å². The molecule has 19 heavy (non-hydrogen) atoms. The highest BCUT2D eigenvalue weighted by Gasteiger charge is 2.40. The molecule has 2 atom stereocenters. The third kappa shape index (κ3) is 2.66. The van der Waals surface area contributed by atoms with Crippen LogP contribution in [0.2, 0.25) is 0 Å². The smallest absolute Gasteiger partial charge is 0.218 e. The maximum atomic E-state index is 13.1. The minimum absolute atomic E-state index is 0.113. The van der Waals surface area contributed by atoms with Crippen LogP contribution in [0.5, 0.6) is 0 Å². The minimum Gasteiger partial charge on any atom is -0.316 e. The normalized spacial score (nSPS) is 27.6. The first-order valence-electron chi connectivity index (χ1n) is 6.47. The predicted octanol–water partition coefficient (Wildman–Crippen LogP) is 0.807. The van der Waals surface area contributed by atoms with Gasteiger partial charge in [0.05, 0.1) is 5.75 Å². The van der Waals surface area contributed by atoms with Crippen molar-refractivity contribution in [3.8, 4) is 0 Å². The first-order chi connectivity index (χ1) is 9.04. The summed E-state index contributed by atoms with van der Waals surface area (Å²) in [7, 11) is -3.33. The number of hydrogen-bond acceptors (Lipinski definition) is 3. The fourth-order valence-corrected chi connectivity index (χ4v) is 4.59. The van der Waals surface area contributed by atoms with Gasteiger partial charge in [-0.2, -0.15) is 0 Å². The molecular formula is C13H17FN2O2S. The van der Waals surface area contributed by atoms with Crippen molar-refractivity contribution in [3.63, 3.8) is 0 Å². The van der Waals surface area contributed by atoms with Gasteiger partial charge in [-0.25, -0.2) is 17.1 Å². The van der Waals surface area contributed by atoms with Crippen LogP contribution in [0.3, 0.4) is 0 Å². The molecule has 0 aromatic heterocycles. The molecule has 0 bridgehead atoms. The Hall–Kier alpha value is -0.980. The van der Waals surface area contributed by atoms with Crippen LogP contribution in [0.4, 0.5) is 4.39 Å². The summed E-state index contributed by atoms with van der Waals surface area (Å²) >= 11 is 0. The third-order valence-electron chi connectivity index (χ3n) is 3.99. The quantitative estimate of drug-likeness (QED) is 0.893. The number of halogens is 1. The summed E-state index contributed by atoms with van der Waals surface area (Å²) in [5.41, 5.74) is 0.509. The van der Waals surface area contributed by atoms with E-state index < -0.39 is 15.8 Å². The van der Waals surface area contributed by atoms with Crippen molar-refractivity contribution in [1.82, 2.24) is 9.62 Å². The molecule has 2 aliphatic heterocycles. The van der Waals surface area contributed by atoms with Crippen molar-refractivity contribution in [3.05, 3.63) is 35.6 Å². The average molecular weight is 284 g/mol. The average Bonchev–Trinajstić information content (AvgIpc) is 2.87. The molecule has 4 nitrogen and oxygen atoms in total. The van der Waals surface area contributed by atoms with E-state index in [4.69, 9.17) is 0 Å². The van der Waals surface area contributed by atoms with Gasteiger partial charge in [0.25, 0.3) is 0 Å². The summed E-state index contributed by atoms with van der Waals surface area (Å²) in [6.07, 6.45) is 0. The molecule has 2 fully saturated rings. The molecule has 2 saturated heterocycles. The van der Waals surface area contributed by atoms with E-state index in [9.17, 15) is 12.8 Å². The topological polar surface area (TPSA) is 49.4 Å². The van der Waals surface area contributed by atoms with Crippen molar-refractivity contribution >= 4 is 10.0 Å². The second-order valence-corrected chi connectivity index (χ2v) is 7.35. The Labute approximate surface area is 112 Å². The molecule has 0 aliphatic carbocycles. The Morgan fingerprint density at radius 3 is 2.58 bits per heavy atom. The zero-order valence-corrected chi connectivity index (χ0v) is 11.4. The third-order valence-corrected chi connectivity index (χ3v) is 5.77. The number of rotatable bonds is 3. The predicted molar refractivity (Wildman–Crippen MR) is 70.4 cm³/mol. The van der Waals surface area contributed by atoms with Gasteiger partial charge in [-0.15, -0.1) is 0 Å². The molecule has 0 spiro atoms. The van der Waals surface area contributed by atoms with E-state index in [-0.39, 0.29) is 5.75 Å². The maximum Gasteiger partial charge on any atom is 0.218 e. The summed E-state index contributed by atoms with van der Waals surface area (Å²) in [4.78, 5) is 0. The highest BCUT2D eigenvalue weighted by atomic mass is 32.2. The fraction of sp³-hybridized carbons (Fsp3) is 0.538. The van der Waals surface area contributed by atoms with Crippen molar-refractivity contribution in [2.75, 3.05) is 26.2 Å². The Kier molecular flexibility index (Phi) is 3.32. The van der Waals surface area contributed by atoms with Gasteiger partial charge in [0.1, 0.15) is 5.82 Å². The van der Waals surface area contributed by atoms with Gasteiger partial charge >= 0.3 is 0 Å². The molecular weight excluding hydrogens is 267 g/mol. The van der Waals surface area contributed by atoms with Gasteiger partial charge in [-0.3, -0.25) is 0 Å². The lowest BCUT2D eigenvalue weighted by atomic mass is 10.0. The lowest BCUT2D eigenvalue weighted by molar-refractivity contribution is 0.447. The lowest BCUT2D eigenvalue weighted by Crippen LogP contribution is -2.32. The summed E-state index contributed by atoms with van der Waals surface area (Å²) in [5.74, 6) is 0.359. The van der Waals surface area contributed by atoms with Gasteiger partial charge < -0.3 is 5.32 Å². The number of sulfonamides is 1. The van der Waals surface area contributed by atoms with Crippen molar-refractivity contribution < 1.29 is 12.8 Å². The van der Waals surface area contributed by atoms with E-state index in [1.807, 2.05) is 0 Å². The minimum atomic E-state index is -3.33. The van der Waals surface area contributed by atoms with Crippen molar-refractivity contribution in [2.24, 2.45) is 11.8 Å². The molecule has 1 aromatic carbocycles. The van der Waals surface area contributed by atoms with Gasteiger partial charge in [0, 0.05) is 13.1 Å². The first-order valence-corrected chi connectivity index (χ1v) is 8.08. The van der Waals surface area contributed by atoms with E-state index in [0.717, 1.165) is 13.1 Å². The van der Waals surface area contributed by atoms with Crippen LogP contribution >= 0.6 is 0 Å². The molecule has 0 unspecified atom stereocenters. The number of hydrogen-bond donors (Lipinski definition) is 1. The highest BCUT2D eigenvalue weighted by molar-refractivity contribution is 7.88.